The van der Waals surface area contributed by atoms with Gasteiger partial charge in [0.1, 0.15) is 0 Å². The molecule has 1 heterocycles. The van der Waals surface area contributed by atoms with Gasteiger partial charge in [-0.2, -0.15) is 0 Å². The Morgan fingerprint density at radius 1 is 1.73 bits per heavy atom. The summed E-state index contributed by atoms with van der Waals surface area (Å²) in [6, 6.07) is 0. The molecule has 15 heavy (non-hydrogen) atoms. The number of hydrogen-bond acceptors (Lipinski definition) is 4. The standard InChI is InChI=1S/C10H16N2O3/c1-7-8-5-4-6-10(8,15-11-7)9(13)12(2)14-3/h8H,4-6H2,1-3H3. The van der Waals surface area contributed by atoms with Crippen molar-refractivity contribution in [2.75, 3.05) is 14.2 Å². The van der Waals surface area contributed by atoms with Crippen LogP contribution in [0.25, 0.3) is 0 Å². The van der Waals surface area contributed by atoms with Gasteiger partial charge in [0.15, 0.2) is 0 Å². The van der Waals surface area contributed by atoms with E-state index in [2.05, 4.69) is 5.16 Å². The van der Waals surface area contributed by atoms with E-state index >= 15 is 0 Å². The summed E-state index contributed by atoms with van der Waals surface area (Å²) in [6.07, 6.45) is 2.70. The molecule has 0 saturated heterocycles. The highest BCUT2D eigenvalue weighted by molar-refractivity contribution is 5.96. The van der Waals surface area contributed by atoms with Crippen molar-refractivity contribution in [1.82, 2.24) is 5.06 Å². The molecule has 0 radical (unpaired) electrons. The van der Waals surface area contributed by atoms with Gasteiger partial charge in [-0.05, 0) is 26.2 Å². The van der Waals surface area contributed by atoms with Gasteiger partial charge in [0.2, 0.25) is 5.60 Å². The summed E-state index contributed by atoms with van der Waals surface area (Å²) >= 11 is 0. The van der Waals surface area contributed by atoms with E-state index in [4.69, 9.17) is 9.68 Å². The monoisotopic (exact) mass is 212 g/mol. The third-order valence-electron chi connectivity index (χ3n) is 3.38. The van der Waals surface area contributed by atoms with E-state index in [9.17, 15) is 4.79 Å². The first kappa shape index (κ1) is 10.4. The molecule has 1 fully saturated rings. The molecule has 1 amide bonds. The molecule has 0 spiro atoms. The Morgan fingerprint density at radius 3 is 3.13 bits per heavy atom. The van der Waals surface area contributed by atoms with Crippen molar-refractivity contribution in [2.24, 2.45) is 11.1 Å². The van der Waals surface area contributed by atoms with Gasteiger partial charge in [-0.3, -0.25) is 9.63 Å². The summed E-state index contributed by atoms with van der Waals surface area (Å²) in [4.78, 5) is 22.4. The Hall–Kier alpha value is -1.10. The smallest absolute Gasteiger partial charge is 0.293 e. The second-order valence-corrected chi connectivity index (χ2v) is 4.14. The van der Waals surface area contributed by atoms with Gasteiger partial charge in [0.05, 0.1) is 18.7 Å². The van der Waals surface area contributed by atoms with Gasteiger partial charge < -0.3 is 4.84 Å². The number of amides is 1. The maximum Gasteiger partial charge on any atom is 0.293 e. The second kappa shape index (κ2) is 3.48. The minimum atomic E-state index is -0.783. The third-order valence-corrected chi connectivity index (χ3v) is 3.38. The van der Waals surface area contributed by atoms with E-state index in [0.717, 1.165) is 25.0 Å². The van der Waals surface area contributed by atoms with E-state index in [0.29, 0.717) is 0 Å². The van der Waals surface area contributed by atoms with E-state index in [1.807, 2.05) is 6.92 Å². The van der Waals surface area contributed by atoms with Gasteiger partial charge >= 0.3 is 0 Å². The highest BCUT2D eigenvalue weighted by Gasteiger charge is 2.57. The van der Waals surface area contributed by atoms with Crippen LogP contribution in [0.1, 0.15) is 26.2 Å². The molecule has 0 bridgehead atoms. The summed E-state index contributed by atoms with van der Waals surface area (Å²) in [5.74, 6) is -0.00398. The minimum Gasteiger partial charge on any atom is -0.378 e. The van der Waals surface area contributed by atoms with Crippen molar-refractivity contribution >= 4 is 11.6 Å². The van der Waals surface area contributed by atoms with E-state index in [1.54, 1.807) is 7.05 Å². The lowest BCUT2D eigenvalue weighted by atomic mass is 9.87. The summed E-state index contributed by atoms with van der Waals surface area (Å²) in [6.45, 7) is 1.91. The van der Waals surface area contributed by atoms with Gasteiger partial charge in [-0.25, -0.2) is 5.06 Å². The van der Waals surface area contributed by atoms with Crippen LogP contribution in [0, 0.1) is 5.92 Å². The molecule has 0 N–H and O–H groups in total. The van der Waals surface area contributed by atoms with Crippen LogP contribution in [0.4, 0.5) is 0 Å². The average Bonchev–Trinajstić information content (AvgIpc) is 2.79. The number of likely N-dealkylation sites (N-methyl/N-ethyl adjacent to an activating group) is 1. The third kappa shape index (κ3) is 1.33. The van der Waals surface area contributed by atoms with Crippen LogP contribution >= 0.6 is 0 Å². The van der Waals surface area contributed by atoms with Crippen LogP contribution in [-0.2, 0) is 14.5 Å². The number of hydroxylamine groups is 2. The number of hydrogen-bond donors (Lipinski definition) is 0. The summed E-state index contributed by atoms with van der Waals surface area (Å²) in [5, 5.41) is 5.17. The molecule has 84 valence electrons. The maximum absolute atomic E-state index is 12.1. The zero-order chi connectivity index (χ0) is 11.1. The number of oxime groups is 1. The molecule has 1 saturated carbocycles. The zero-order valence-corrected chi connectivity index (χ0v) is 9.32. The molecule has 2 rings (SSSR count). The Balaban J connectivity index is 2.24. The first-order chi connectivity index (χ1) is 7.12. The molecule has 0 aromatic carbocycles. The zero-order valence-electron chi connectivity index (χ0n) is 9.32. The Bertz CT molecular complexity index is 316. The summed E-state index contributed by atoms with van der Waals surface area (Å²) in [7, 11) is 3.07. The van der Waals surface area contributed by atoms with Crippen molar-refractivity contribution in [2.45, 2.75) is 31.8 Å². The van der Waals surface area contributed by atoms with Crippen LogP contribution in [0.15, 0.2) is 5.16 Å². The fourth-order valence-corrected chi connectivity index (χ4v) is 2.49. The Labute approximate surface area is 89.0 Å². The molecule has 5 nitrogen and oxygen atoms in total. The van der Waals surface area contributed by atoms with E-state index in [-0.39, 0.29) is 11.8 Å². The van der Waals surface area contributed by atoms with Crippen LogP contribution < -0.4 is 0 Å². The van der Waals surface area contributed by atoms with Gasteiger partial charge in [0.25, 0.3) is 5.91 Å². The molecule has 2 aliphatic rings. The second-order valence-electron chi connectivity index (χ2n) is 4.14. The van der Waals surface area contributed by atoms with Crippen molar-refractivity contribution < 1.29 is 14.5 Å². The summed E-state index contributed by atoms with van der Waals surface area (Å²) in [5.41, 5.74) is 0.139. The molecule has 2 unspecified atom stereocenters. The van der Waals surface area contributed by atoms with Crippen LogP contribution in [0.3, 0.4) is 0 Å². The minimum absolute atomic E-state index is 0.127. The van der Waals surface area contributed by atoms with Crippen molar-refractivity contribution in [1.29, 1.82) is 0 Å². The predicted molar refractivity (Wildman–Crippen MR) is 54.0 cm³/mol. The van der Waals surface area contributed by atoms with Crippen LogP contribution in [-0.4, -0.2) is 36.4 Å². The number of carbonyl (C=O) groups excluding carboxylic acids is 1. The fourth-order valence-electron chi connectivity index (χ4n) is 2.49. The highest BCUT2D eigenvalue weighted by Crippen LogP contribution is 2.44. The van der Waals surface area contributed by atoms with Crippen LogP contribution in [0.2, 0.25) is 0 Å². The molecule has 1 aliphatic carbocycles. The highest BCUT2D eigenvalue weighted by atomic mass is 16.7. The number of fused-ring (bicyclic) bond motifs is 1. The lowest BCUT2D eigenvalue weighted by Gasteiger charge is -2.28. The van der Waals surface area contributed by atoms with E-state index < -0.39 is 5.60 Å². The molecular weight excluding hydrogens is 196 g/mol. The lowest BCUT2D eigenvalue weighted by Crippen LogP contribution is -2.49. The maximum atomic E-state index is 12.1. The quantitative estimate of drug-likeness (QED) is 0.640. The van der Waals surface area contributed by atoms with Gasteiger partial charge in [-0.15, -0.1) is 0 Å². The lowest BCUT2D eigenvalue weighted by molar-refractivity contribution is -0.193. The first-order valence-corrected chi connectivity index (χ1v) is 5.17. The van der Waals surface area contributed by atoms with Crippen LogP contribution in [0.5, 0.6) is 0 Å². The summed E-state index contributed by atoms with van der Waals surface area (Å²) < 4.78 is 0. The SMILES string of the molecule is CON(C)C(=O)C12CCCC1C(C)=NO2. The Kier molecular flexibility index (Phi) is 2.42. The molecule has 1 aliphatic heterocycles. The molecular formula is C10H16N2O3. The molecule has 5 heteroatoms. The van der Waals surface area contributed by atoms with Gasteiger partial charge in [-0.1, -0.05) is 5.16 Å². The molecule has 0 aromatic heterocycles. The Morgan fingerprint density at radius 2 is 2.47 bits per heavy atom. The van der Waals surface area contributed by atoms with E-state index in [1.165, 1.54) is 12.2 Å². The van der Waals surface area contributed by atoms with Crippen molar-refractivity contribution in [3.05, 3.63) is 0 Å². The molecule has 2 atom stereocenters. The van der Waals surface area contributed by atoms with Gasteiger partial charge in [0, 0.05) is 7.05 Å². The molecule has 0 aromatic rings. The average molecular weight is 212 g/mol. The van der Waals surface area contributed by atoms with Crippen molar-refractivity contribution in [3.63, 3.8) is 0 Å². The fraction of sp³-hybridized carbons (Fsp3) is 0.800. The topological polar surface area (TPSA) is 51.1 Å². The van der Waals surface area contributed by atoms with Crippen molar-refractivity contribution in [3.8, 4) is 0 Å². The first-order valence-electron chi connectivity index (χ1n) is 5.17. The number of carbonyl (C=O) groups is 1. The largest absolute Gasteiger partial charge is 0.378 e. The number of nitrogens with zero attached hydrogens (tertiary/aromatic N) is 2. The normalized spacial score (nSPS) is 33.3. The number of rotatable bonds is 2. The predicted octanol–water partition coefficient (Wildman–Crippen LogP) is 0.951.